The first kappa shape index (κ1) is 45.6. The van der Waals surface area contributed by atoms with Crippen LogP contribution in [-0.2, 0) is 0 Å². The van der Waals surface area contributed by atoms with Crippen molar-refractivity contribution in [1.29, 1.82) is 0 Å². The van der Waals surface area contributed by atoms with Crippen LogP contribution in [0.2, 0.25) is 0 Å². The molecule has 352 valence electrons. The van der Waals surface area contributed by atoms with Crippen LogP contribution < -0.4 is 9.80 Å². The highest BCUT2D eigenvalue weighted by molar-refractivity contribution is 5.84. The van der Waals surface area contributed by atoms with Gasteiger partial charge in [0.05, 0.1) is 0 Å². The third-order valence-corrected chi connectivity index (χ3v) is 14.2. The lowest BCUT2D eigenvalue weighted by Gasteiger charge is -2.27. The van der Waals surface area contributed by atoms with Crippen LogP contribution in [0.4, 0.5) is 34.1 Å². The molecule has 2 heteroatoms. The first-order valence-corrected chi connectivity index (χ1v) is 25.6. The van der Waals surface area contributed by atoms with Crippen molar-refractivity contribution in [3.8, 4) is 66.8 Å². The summed E-state index contributed by atoms with van der Waals surface area (Å²) < 4.78 is 0. The predicted molar refractivity (Wildman–Crippen MR) is 315 cm³/mol. The van der Waals surface area contributed by atoms with Crippen molar-refractivity contribution in [2.75, 3.05) is 9.80 Å². The summed E-state index contributed by atoms with van der Waals surface area (Å²) in [6, 6.07) is 103. The Bertz CT molecular complexity index is 3660. The SMILES string of the molecule is C1=CC(c2ccc(-c3ccc(N(c4ccc(-c5ccccc5)cc4)c4ccc(-c5ccc(N(c6ccc(-c7ccccc7)cc6)c6ccc(-c7ccc(-c8ccccc8)cc7)cc6)cc5)cc4)cc3)cc2)=CCC1. The van der Waals surface area contributed by atoms with Crippen LogP contribution in [0.25, 0.3) is 72.3 Å². The molecule has 0 spiro atoms. The molecule has 1 aliphatic carbocycles. The van der Waals surface area contributed by atoms with Crippen LogP contribution in [0.15, 0.2) is 303 Å². The molecular formula is C72H54N2. The van der Waals surface area contributed by atoms with E-state index in [1.807, 2.05) is 0 Å². The molecule has 0 saturated carbocycles. The maximum absolute atomic E-state index is 2.35. The van der Waals surface area contributed by atoms with Gasteiger partial charge >= 0.3 is 0 Å². The van der Waals surface area contributed by atoms with Gasteiger partial charge in [-0.05, 0) is 164 Å². The van der Waals surface area contributed by atoms with Crippen LogP contribution >= 0.6 is 0 Å². The zero-order chi connectivity index (χ0) is 49.5. The molecule has 12 rings (SSSR count). The fourth-order valence-electron chi connectivity index (χ4n) is 10.1. The monoisotopic (exact) mass is 946 g/mol. The minimum Gasteiger partial charge on any atom is -0.311 e. The normalized spacial score (nSPS) is 12.0. The van der Waals surface area contributed by atoms with Crippen LogP contribution in [0.5, 0.6) is 0 Å². The Balaban J connectivity index is 0.832. The van der Waals surface area contributed by atoms with Crippen molar-refractivity contribution in [2.24, 2.45) is 0 Å². The molecule has 0 aliphatic heterocycles. The standard InChI is InChI=1S/C72H54N2/c1-5-13-53(14-6-1)57-21-25-59(26-22-57)63-33-45-69(46-34-63)73(67-41-29-61(30-42-67)55-17-9-3-10-18-55)71-49-37-65(38-50-71)66-39-51-72(52-40-66)74(68-43-31-62(32-44-68)56-19-11-4-12-20-56)70-47-35-64(36-48-70)60-27-23-58(24-28-60)54-15-7-2-8-16-54/h1,3-7,9-52H,2,8H2. The van der Waals surface area contributed by atoms with E-state index in [1.54, 1.807) is 0 Å². The second-order valence-corrected chi connectivity index (χ2v) is 18.8. The topological polar surface area (TPSA) is 6.48 Å². The molecule has 0 amide bonds. The van der Waals surface area contributed by atoms with Gasteiger partial charge in [0.25, 0.3) is 0 Å². The Kier molecular flexibility index (Phi) is 13.0. The van der Waals surface area contributed by atoms with Crippen molar-refractivity contribution in [3.05, 3.63) is 309 Å². The van der Waals surface area contributed by atoms with Gasteiger partial charge in [-0.3, -0.25) is 0 Å². The zero-order valence-corrected chi connectivity index (χ0v) is 41.2. The van der Waals surface area contributed by atoms with Gasteiger partial charge in [0.2, 0.25) is 0 Å². The van der Waals surface area contributed by atoms with Gasteiger partial charge in [0.1, 0.15) is 0 Å². The van der Waals surface area contributed by atoms with E-state index in [0.29, 0.717) is 0 Å². The predicted octanol–water partition coefficient (Wildman–Crippen LogP) is 20.4. The highest BCUT2D eigenvalue weighted by atomic mass is 15.1. The minimum atomic E-state index is 1.08. The molecule has 11 aromatic rings. The van der Waals surface area contributed by atoms with Crippen LogP contribution in [-0.4, -0.2) is 0 Å². The molecule has 0 aromatic heterocycles. The third kappa shape index (κ3) is 9.90. The lowest BCUT2D eigenvalue weighted by molar-refractivity contribution is 1.04. The van der Waals surface area contributed by atoms with Crippen molar-refractivity contribution < 1.29 is 0 Å². The number of nitrogens with zero attached hydrogens (tertiary/aromatic N) is 2. The van der Waals surface area contributed by atoms with Gasteiger partial charge in [-0.25, -0.2) is 0 Å². The molecule has 2 nitrogen and oxygen atoms in total. The fourth-order valence-corrected chi connectivity index (χ4v) is 10.1. The molecule has 0 bridgehead atoms. The lowest BCUT2D eigenvalue weighted by atomic mass is 9.97. The maximum atomic E-state index is 2.35. The second-order valence-electron chi connectivity index (χ2n) is 18.8. The molecule has 0 heterocycles. The summed E-state index contributed by atoms with van der Waals surface area (Å²) in [5.41, 5.74) is 23.4. The largest absolute Gasteiger partial charge is 0.311 e. The molecule has 0 fully saturated rings. The van der Waals surface area contributed by atoms with Gasteiger partial charge in [-0.2, -0.15) is 0 Å². The Morgan fingerprint density at radius 3 is 0.608 bits per heavy atom. The Morgan fingerprint density at radius 1 is 0.189 bits per heavy atom. The van der Waals surface area contributed by atoms with Crippen molar-refractivity contribution in [1.82, 2.24) is 0 Å². The molecule has 1 aliphatic rings. The van der Waals surface area contributed by atoms with Gasteiger partial charge in [0, 0.05) is 34.1 Å². The summed E-state index contributed by atoms with van der Waals surface area (Å²) in [4.78, 5) is 4.69. The van der Waals surface area contributed by atoms with Crippen molar-refractivity contribution in [3.63, 3.8) is 0 Å². The highest BCUT2D eigenvalue weighted by Gasteiger charge is 2.17. The van der Waals surface area contributed by atoms with E-state index in [9.17, 15) is 0 Å². The number of hydrogen-bond donors (Lipinski definition) is 0. The molecule has 11 aromatic carbocycles. The van der Waals surface area contributed by atoms with Crippen LogP contribution in [0.1, 0.15) is 18.4 Å². The van der Waals surface area contributed by atoms with E-state index in [-0.39, 0.29) is 0 Å². The number of anilines is 6. The summed E-state index contributed by atoms with van der Waals surface area (Å²) in [6.45, 7) is 0. The number of benzene rings is 11. The number of hydrogen-bond acceptors (Lipinski definition) is 2. The van der Waals surface area contributed by atoms with E-state index < -0.39 is 0 Å². The minimum absolute atomic E-state index is 1.08. The Hall–Kier alpha value is -9.50. The third-order valence-electron chi connectivity index (χ3n) is 14.2. The highest BCUT2D eigenvalue weighted by Crippen LogP contribution is 2.41. The van der Waals surface area contributed by atoms with Gasteiger partial charge < -0.3 is 9.80 Å². The van der Waals surface area contributed by atoms with E-state index in [1.165, 1.54) is 66.8 Å². The molecule has 0 unspecified atom stereocenters. The van der Waals surface area contributed by atoms with Crippen molar-refractivity contribution in [2.45, 2.75) is 12.8 Å². The number of rotatable bonds is 13. The summed E-state index contributed by atoms with van der Waals surface area (Å²) >= 11 is 0. The quantitative estimate of drug-likeness (QED) is 0.114. The summed E-state index contributed by atoms with van der Waals surface area (Å²) in [7, 11) is 0. The smallest absolute Gasteiger partial charge is 0.0462 e. The molecule has 74 heavy (non-hydrogen) atoms. The fraction of sp³-hybridized carbons (Fsp3) is 0.0278. The maximum Gasteiger partial charge on any atom is 0.0462 e. The van der Waals surface area contributed by atoms with E-state index in [2.05, 4.69) is 313 Å². The van der Waals surface area contributed by atoms with Gasteiger partial charge in [-0.15, -0.1) is 0 Å². The molecule has 0 atom stereocenters. The van der Waals surface area contributed by atoms with Gasteiger partial charge in [-0.1, -0.05) is 231 Å². The summed E-state index contributed by atoms with van der Waals surface area (Å²) in [5, 5.41) is 0. The van der Waals surface area contributed by atoms with Gasteiger partial charge in [0.15, 0.2) is 0 Å². The molecule has 0 N–H and O–H groups in total. The zero-order valence-electron chi connectivity index (χ0n) is 41.2. The molecule has 0 saturated heterocycles. The molecular weight excluding hydrogens is 893 g/mol. The summed E-state index contributed by atoms with van der Waals surface area (Å²) in [5.74, 6) is 0. The van der Waals surface area contributed by atoms with Crippen LogP contribution in [0.3, 0.4) is 0 Å². The Morgan fingerprint density at radius 2 is 0.392 bits per heavy atom. The second kappa shape index (κ2) is 21.1. The van der Waals surface area contributed by atoms with E-state index in [4.69, 9.17) is 0 Å². The van der Waals surface area contributed by atoms with E-state index >= 15 is 0 Å². The summed E-state index contributed by atoms with van der Waals surface area (Å²) in [6.07, 6.45) is 9.07. The first-order chi connectivity index (χ1) is 36.7. The average Bonchev–Trinajstić information content (AvgIpc) is 3.49. The first-order valence-electron chi connectivity index (χ1n) is 25.6. The van der Waals surface area contributed by atoms with E-state index in [0.717, 1.165) is 58.1 Å². The van der Waals surface area contributed by atoms with Crippen LogP contribution in [0, 0.1) is 0 Å². The lowest BCUT2D eigenvalue weighted by Crippen LogP contribution is -2.10. The molecule has 0 radical (unpaired) electrons. The van der Waals surface area contributed by atoms with Crippen molar-refractivity contribution >= 4 is 39.7 Å². The Labute approximate surface area is 435 Å². The number of allylic oxidation sites excluding steroid dienone is 4. The average molecular weight is 947 g/mol.